The van der Waals surface area contributed by atoms with E-state index in [0.29, 0.717) is 22.2 Å². The van der Waals surface area contributed by atoms with Crippen molar-refractivity contribution in [1.82, 2.24) is 0 Å². The van der Waals surface area contributed by atoms with Crippen molar-refractivity contribution in [3.05, 3.63) is 47.5 Å². The molecule has 0 unspecified atom stereocenters. The maximum Gasteiger partial charge on any atom is 0.314 e. The van der Waals surface area contributed by atoms with Crippen molar-refractivity contribution in [2.45, 2.75) is 0 Å². The summed E-state index contributed by atoms with van der Waals surface area (Å²) in [6, 6.07) is 11.6. The Bertz CT molecular complexity index is 720. The van der Waals surface area contributed by atoms with E-state index in [1.54, 1.807) is 30.3 Å². The van der Waals surface area contributed by atoms with E-state index in [9.17, 15) is 9.59 Å². The van der Waals surface area contributed by atoms with Crippen LogP contribution in [0, 0.1) is 0 Å². The number of para-hydroxylation sites is 1. The second kappa shape index (κ2) is 7.51. The smallest absolute Gasteiger partial charge is 0.314 e. The third-order valence-corrected chi connectivity index (χ3v) is 3.26. The Morgan fingerprint density at radius 2 is 1.52 bits per heavy atom. The predicted octanol–water partition coefficient (Wildman–Crippen LogP) is 2.93. The van der Waals surface area contributed by atoms with Gasteiger partial charge in [-0.3, -0.25) is 9.59 Å². The minimum absolute atomic E-state index is 0.280. The van der Waals surface area contributed by atoms with Crippen molar-refractivity contribution < 1.29 is 19.1 Å². The zero-order valence-corrected chi connectivity index (χ0v) is 13.3. The van der Waals surface area contributed by atoms with Gasteiger partial charge in [-0.15, -0.1) is 0 Å². The molecule has 0 aliphatic carbocycles. The summed E-state index contributed by atoms with van der Waals surface area (Å²) >= 11 is 5.99. The van der Waals surface area contributed by atoms with Gasteiger partial charge in [-0.05, 0) is 12.1 Å². The molecule has 120 valence electrons. The summed E-state index contributed by atoms with van der Waals surface area (Å²) < 4.78 is 10.2. The minimum Gasteiger partial charge on any atom is -0.495 e. The van der Waals surface area contributed by atoms with Crippen LogP contribution in [0.5, 0.6) is 11.5 Å². The second-order valence-corrected chi connectivity index (χ2v) is 4.87. The normalized spacial score (nSPS) is 9.87. The highest BCUT2D eigenvalue weighted by Gasteiger charge is 2.18. The standard InChI is InChI=1S/C16H15ClN2O4/c1-22-13-9-12(14(23-2)8-11(13)17)19-16(21)15(20)18-10-6-4-3-5-7-10/h3-9H,1-2H3,(H,18,20)(H,19,21). The van der Waals surface area contributed by atoms with Crippen LogP contribution in [0.25, 0.3) is 0 Å². The first-order chi connectivity index (χ1) is 11.0. The number of halogens is 1. The van der Waals surface area contributed by atoms with Crippen LogP contribution < -0.4 is 20.1 Å². The molecule has 0 saturated carbocycles. The van der Waals surface area contributed by atoms with E-state index in [-0.39, 0.29) is 5.69 Å². The number of amides is 2. The number of carbonyl (C=O) groups excluding carboxylic acids is 2. The monoisotopic (exact) mass is 334 g/mol. The number of hydrogen-bond donors (Lipinski definition) is 2. The molecule has 0 aliphatic rings. The highest BCUT2D eigenvalue weighted by atomic mass is 35.5. The molecule has 0 atom stereocenters. The second-order valence-electron chi connectivity index (χ2n) is 4.46. The molecule has 0 fully saturated rings. The van der Waals surface area contributed by atoms with E-state index in [1.165, 1.54) is 26.4 Å². The first-order valence-electron chi connectivity index (χ1n) is 6.64. The average molecular weight is 335 g/mol. The summed E-state index contributed by atoms with van der Waals surface area (Å²) in [5.41, 5.74) is 0.801. The lowest BCUT2D eigenvalue weighted by Crippen LogP contribution is -2.29. The lowest BCUT2D eigenvalue weighted by Gasteiger charge is -2.13. The summed E-state index contributed by atoms with van der Waals surface area (Å²) in [5.74, 6) is -0.966. The maximum atomic E-state index is 12.0. The molecule has 7 heteroatoms. The predicted molar refractivity (Wildman–Crippen MR) is 88.3 cm³/mol. The molecule has 2 amide bonds. The Kier molecular flexibility index (Phi) is 5.43. The third kappa shape index (κ3) is 4.14. The number of rotatable bonds is 4. The van der Waals surface area contributed by atoms with E-state index in [2.05, 4.69) is 10.6 Å². The number of ether oxygens (including phenoxy) is 2. The van der Waals surface area contributed by atoms with Gasteiger partial charge in [-0.1, -0.05) is 29.8 Å². The van der Waals surface area contributed by atoms with Crippen molar-refractivity contribution in [3.63, 3.8) is 0 Å². The number of nitrogens with one attached hydrogen (secondary N) is 2. The van der Waals surface area contributed by atoms with E-state index in [0.717, 1.165) is 0 Å². The quantitative estimate of drug-likeness (QED) is 0.843. The summed E-state index contributed by atoms with van der Waals surface area (Å²) in [7, 11) is 2.87. The molecule has 0 aromatic heterocycles. The average Bonchev–Trinajstić information content (AvgIpc) is 2.56. The molecule has 2 rings (SSSR count). The molecule has 2 N–H and O–H groups in total. The van der Waals surface area contributed by atoms with Gasteiger partial charge in [0.1, 0.15) is 11.5 Å². The number of anilines is 2. The fourth-order valence-electron chi connectivity index (χ4n) is 1.85. The van der Waals surface area contributed by atoms with E-state index >= 15 is 0 Å². The van der Waals surface area contributed by atoms with Gasteiger partial charge in [0.2, 0.25) is 0 Å². The van der Waals surface area contributed by atoms with Crippen molar-refractivity contribution in [2.24, 2.45) is 0 Å². The van der Waals surface area contributed by atoms with Crippen LogP contribution in [0.15, 0.2) is 42.5 Å². The van der Waals surface area contributed by atoms with Gasteiger partial charge in [0.25, 0.3) is 0 Å². The molecule has 0 radical (unpaired) electrons. The fourth-order valence-corrected chi connectivity index (χ4v) is 2.08. The first kappa shape index (κ1) is 16.6. The molecule has 0 aliphatic heterocycles. The highest BCUT2D eigenvalue weighted by Crippen LogP contribution is 2.35. The number of benzene rings is 2. The van der Waals surface area contributed by atoms with Crippen molar-refractivity contribution in [1.29, 1.82) is 0 Å². The zero-order chi connectivity index (χ0) is 16.8. The summed E-state index contributed by atoms with van der Waals surface area (Å²) in [4.78, 5) is 23.9. The van der Waals surface area contributed by atoms with Crippen LogP contribution in [0.4, 0.5) is 11.4 Å². The van der Waals surface area contributed by atoms with Crippen LogP contribution in [-0.2, 0) is 9.59 Å². The summed E-state index contributed by atoms with van der Waals surface area (Å²) in [6.07, 6.45) is 0. The molecule has 0 heterocycles. The van der Waals surface area contributed by atoms with Gasteiger partial charge < -0.3 is 20.1 Å². The lowest BCUT2D eigenvalue weighted by atomic mass is 10.2. The van der Waals surface area contributed by atoms with Gasteiger partial charge in [0.15, 0.2) is 0 Å². The van der Waals surface area contributed by atoms with Gasteiger partial charge in [-0.2, -0.15) is 0 Å². The van der Waals surface area contributed by atoms with Crippen molar-refractivity contribution >= 4 is 34.8 Å². The van der Waals surface area contributed by atoms with Crippen LogP contribution in [0.2, 0.25) is 5.02 Å². The SMILES string of the molecule is COc1cc(NC(=O)C(=O)Nc2ccccc2)c(OC)cc1Cl. The van der Waals surface area contributed by atoms with Crippen molar-refractivity contribution in [3.8, 4) is 11.5 Å². The minimum atomic E-state index is -0.837. The Labute approximate surface area is 138 Å². The molecule has 0 spiro atoms. The molecule has 0 saturated heterocycles. The molecule has 2 aromatic rings. The van der Waals surface area contributed by atoms with Crippen molar-refractivity contribution in [2.75, 3.05) is 24.9 Å². The molecule has 23 heavy (non-hydrogen) atoms. The Morgan fingerprint density at radius 1 is 0.913 bits per heavy atom. The molecule has 2 aromatic carbocycles. The van der Waals surface area contributed by atoms with Gasteiger partial charge in [-0.25, -0.2) is 0 Å². The maximum absolute atomic E-state index is 12.0. The zero-order valence-electron chi connectivity index (χ0n) is 12.6. The third-order valence-electron chi connectivity index (χ3n) is 2.96. The topological polar surface area (TPSA) is 76.7 Å². The Balaban J connectivity index is 2.14. The largest absolute Gasteiger partial charge is 0.495 e. The van der Waals surface area contributed by atoms with Gasteiger partial charge in [0, 0.05) is 17.8 Å². The van der Waals surface area contributed by atoms with Crippen LogP contribution >= 0.6 is 11.6 Å². The number of hydrogen-bond acceptors (Lipinski definition) is 4. The van der Waals surface area contributed by atoms with E-state index < -0.39 is 11.8 Å². The molecule has 0 bridgehead atoms. The fraction of sp³-hybridized carbons (Fsp3) is 0.125. The number of carbonyl (C=O) groups is 2. The highest BCUT2D eigenvalue weighted by molar-refractivity contribution is 6.43. The van der Waals surface area contributed by atoms with Gasteiger partial charge >= 0.3 is 11.8 Å². The summed E-state index contributed by atoms with van der Waals surface area (Å²) in [6.45, 7) is 0. The molecular formula is C16H15ClN2O4. The molecular weight excluding hydrogens is 320 g/mol. The van der Waals surface area contributed by atoms with E-state index in [1.807, 2.05) is 0 Å². The van der Waals surface area contributed by atoms with Crippen LogP contribution in [-0.4, -0.2) is 26.0 Å². The number of methoxy groups -OCH3 is 2. The molecule has 6 nitrogen and oxygen atoms in total. The lowest BCUT2D eigenvalue weighted by molar-refractivity contribution is -0.133. The van der Waals surface area contributed by atoms with E-state index in [4.69, 9.17) is 21.1 Å². The Hall–Kier alpha value is -2.73. The summed E-state index contributed by atoms with van der Waals surface area (Å²) in [5, 5.41) is 5.29. The Morgan fingerprint density at radius 3 is 2.13 bits per heavy atom. The van der Waals surface area contributed by atoms with Crippen LogP contribution in [0.1, 0.15) is 0 Å². The van der Waals surface area contributed by atoms with Crippen LogP contribution in [0.3, 0.4) is 0 Å². The van der Waals surface area contributed by atoms with Gasteiger partial charge in [0.05, 0.1) is 24.9 Å². The first-order valence-corrected chi connectivity index (χ1v) is 7.02.